The van der Waals surface area contributed by atoms with Gasteiger partial charge in [-0.1, -0.05) is 23.4 Å². The van der Waals surface area contributed by atoms with Gasteiger partial charge >= 0.3 is 0 Å². The number of carbonyl (C=O) groups excluding carboxylic acids is 2. The molecule has 1 aromatic rings. The lowest BCUT2D eigenvalue weighted by atomic mass is 10.2. The third-order valence-corrected chi connectivity index (χ3v) is 5.18. The number of halogens is 1. The van der Waals surface area contributed by atoms with Crippen LogP contribution in [0.2, 0.25) is 5.02 Å². The van der Waals surface area contributed by atoms with Gasteiger partial charge in [-0.25, -0.2) is 0 Å². The highest BCUT2D eigenvalue weighted by molar-refractivity contribution is 8.15. The molecule has 0 radical (unpaired) electrons. The molecule has 6 nitrogen and oxygen atoms in total. The lowest BCUT2D eigenvalue weighted by molar-refractivity contribution is -0.127. The number of methoxy groups -OCH3 is 1. The molecule has 1 aliphatic rings. The second kappa shape index (κ2) is 7.23. The minimum atomic E-state index is -0.460. The largest absolute Gasteiger partial charge is 0.495 e. The molecular formula is C15H18ClN3O3S. The van der Waals surface area contributed by atoms with E-state index in [4.69, 9.17) is 16.3 Å². The molecule has 0 saturated carbocycles. The molecule has 1 atom stereocenters. The van der Waals surface area contributed by atoms with Gasteiger partial charge in [0, 0.05) is 31.6 Å². The molecule has 0 bridgehead atoms. The number of nitrogens with zero attached hydrogens (tertiary/aromatic N) is 2. The maximum absolute atomic E-state index is 12.3. The van der Waals surface area contributed by atoms with Gasteiger partial charge in [0.2, 0.25) is 11.8 Å². The van der Waals surface area contributed by atoms with Crippen LogP contribution in [0, 0.1) is 6.92 Å². The lowest BCUT2D eigenvalue weighted by Crippen LogP contribution is -2.30. The summed E-state index contributed by atoms with van der Waals surface area (Å²) in [7, 11) is 4.78. The fraction of sp³-hybridized carbons (Fsp3) is 0.400. The summed E-state index contributed by atoms with van der Waals surface area (Å²) in [6.45, 7) is 1.84. The van der Waals surface area contributed by atoms with Crippen LogP contribution >= 0.6 is 23.4 Å². The van der Waals surface area contributed by atoms with Crippen LogP contribution in [0.5, 0.6) is 5.75 Å². The molecule has 8 heteroatoms. The van der Waals surface area contributed by atoms with Crippen molar-refractivity contribution in [3.05, 3.63) is 22.7 Å². The van der Waals surface area contributed by atoms with Crippen LogP contribution in [0.15, 0.2) is 17.1 Å². The van der Waals surface area contributed by atoms with E-state index < -0.39 is 5.25 Å². The van der Waals surface area contributed by atoms with E-state index >= 15 is 0 Å². The van der Waals surface area contributed by atoms with Crippen molar-refractivity contribution in [2.75, 3.05) is 26.5 Å². The van der Waals surface area contributed by atoms with Crippen molar-refractivity contribution in [1.82, 2.24) is 4.90 Å². The Kier molecular flexibility index (Phi) is 5.54. The van der Waals surface area contributed by atoms with Crippen LogP contribution in [-0.2, 0) is 9.59 Å². The summed E-state index contributed by atoms with van der Waals surface area (Å²) in [4.78, 5) is 29.8. The van der Waals surface area contributed by atoms with Gasteiger partial charge < -0.3 is 10.1 Å². The van der Waals surface area contributed by atoms with Crippen molar-refractivity contribution in [2.45, 2.75) is 18.6 Å². The zero-order valence-electron chi connectivity index (χ0n) is 13.3. The predicted molar refractivity (Wildman–Crippen MR) is 93.5 cm³/mol. The van der Waals surface area contributed by atoms with Gasteiger partial charge in [-0.05, 0) is 18.6 Å². The van der Waals surface area contributed by atoms with Crippen molar-refractivity contribution in [1.29, 1.82) is 0 Å². The average molecular weight is 356 g/mol. The van der Waals surface area contributed by atoms with Crippen molar-refractivity contribution < 1.29 is 14.3 Å². The van der Waals surface area contributed by atoms with Crippen LogP contribution in [0.1, 0.15) is 12.0 Å². The minimum absolute atomic E-state index is 0.0672. The van der Waals surface area contributed by atoms with E-state index in [1.54, 1.807) is 26.2 Å². The molecule has 2 rings (SSSR count). The smallest absolute Gasteiger partial charge is 0.242 e. The van der Waals surface area contributed by atoms with Crippen molar-refractivity contribution in [2.24, 2.45) is 4.99 Å². The first-order chi connectivity index (χ1) is 10.9. The first-order valence-corrected chi connectivity index (χ1v) is 8.18. The molecule has 23 heavy (non-hydrogen) atoms. The second-order valence-corrected chi connectivity index (χ2v) is 6.64. The molecule has 1 aliphatic heterocycles. The van der Waals surface area contributed by atoms with Crippen LogP contribution in [0.25, 0.3) is 0 Å². The Morgan fingerprint density at radius 3 is 2.78 bits per heavy atom. The number of thioether (sulfide) groups is 1. The highest BCUT2D eigenvalue weighted by Gasteiger charge is 2.36. The highest BCUT2D eigenvalue weighted by Crippen LogP contribution is 2.32. The fourth-order valence-corrected chi connectivity index (χ4v) is 3.45. The summed E-state index contributed by atoms with van der Waals surface area (Å²) < 4.78 is 5.23. The predicted octanol–water partition coefficient (Wildman–Crippen LogP) is 2.55. The Bertz CT molecular complexity index is 678. The Morgan fingerprint density at radius 1 is 1.52 bits per heavy atom. The minimum Gasteiger partial charge on any atom is -0.495 e. The summed E-state index contributed by atoms with van der Waals surface area (Å²) in [6, 6.07) is 3.39. The Morgan fingerprint density at radius 2 is 2.22 bits per heavy atom. The van der Waals surface area contributed by atoms with Crippen LogP contribution in [0.4, 0.5) is 5.69 Å². The van der Waals surface area contributed by atoms with E-state index in [1.807, 2.05) is 6.92 Å². The summed E-state index contributed by atoms with van der Waals surface area (Å²) in [6.07, 6.45) is 0.0672. The second-order valence-electron chi connectivity index (χ2n) is 5.06. The van der Waals surface area contributed by atoms with E-state index in [9.17, 15) is 9.59 Å². The zero-order valence-corrected chi connectivity index (χ0v) is 14.9. The number of hydrogen-bond donors (Lipinski definition) is 1. The topological polar surface area (TPSA) is 71.0 Å². The average Bonchev–Trinajstić information content (AvgIpc) is 2.78. The fourth-order valence-electron chi connectivity index (χ4n) is 2.20. The van der Waals surface area contributed by atoms with E-state index in [2.05, 4.69) is 10.3 Å². The van der Waals surface area contributed by atoms with Gasteiger partial charge in [-0.3, -0.25) is 19.5 Å². The van der Waals surface area contributed by atoms with Crippen LogP contribution in [-0.4, -0.2) is 48.3 Å². The molecule has 1 saturated heterocycles. The maximum atomic E-state index is 12.3. The number of nitrogens with one attached hydrogen (secondary N) is 1. The van der Waals surface area contributed by atoms with Gasteiger partial charge in [0.05, 0.1) is 12.8 Å². The summed E-state index contributed by atoms with van der Waals surface area (Å²) in [5, 5.41) is 3.50. The summed E-state index contributed by atoms with van der Waals surface area (Å²) in [5.74, 6) is 0.0962. The molecule has 1 N–H and O–H groups in total. The SMILES string of the molecule is CN=C1SC(CC(=O)Nc2cc(C)c(Cl)cc2OC)C(=O)N1C. The number of amidine groups is 1. The van der Waals surface area contributed by atoms with Crippen molar-refractivity contribution >= 4 is 46.0 Å². The molecule has 2 amide bonds. The number of ether oxygens (including phenoxy) is 1. The van der Waals surface area contributed by atoms with Gasteiger partial charge in [0.25, 0.3) is 0 Å². The Labute approximate surface area is 144 Å². The highest BCUT2D eigenvalue weighted by atomic mass is 35.5. The van der Waals surface area contributed by atoms with Crippen LogP contribution in [0.3, 0.4) is 0 Å². The lowest BCUT2D eigenvalue weighted by Gasteiger charge is -2.13. The molecule has 1 heterocycles. The van der Waals surface area contributed by atoms with E-state index in [1.165, 1.54) is 23.8 Å². The van der Waals surface area contributed by atoms with Gasteiger partial charge in [0.15, 0.2) is 5.17 Å². The zero-order chi connectivity index (χ0) is 17.1. The number of aryl methyl sites for hydroxylation is 1. The van der Waals surface area contributed by atoms with Crippen molar-refractivity contribution in [3.8, 4) is 5.75 Å². The number of aliphatic imine (C=N–C) groups is 1. The molecule has 0 spiro atoms. The number of rotatable bonds is 4. The molecule has 0 aromatic heterocycles. The Hall–Kier alpha value is -1.73. The molecule has 1 fully saturated rings. The maximum Gasteiger partial charge on any atom is 0.242 e. The first kappa shape index (κ1) is 17.6. The molecule has 0 aliphatic carbocycles. The quantitative estimate of drug-likeness (QED) is 0.901. The van der Waals surface area contributed by atoms with Crippen LogP contribution < -0.4 is 10.1 Å². The molecule has 124 valence electrons. The monoisotopic (exact) mass is 355 g/mol. The van der Waals surface area contributed by atoms with Gasteiger partial charge in [0.1, 0.15) is 11.0 Å². The number of hydrogen-bond acceptors (Lipinski definition) is 5. The number of anilines is 1. The first-order valence-electron chi connectivity index (χ1n) is 6.92. The van der Waals surface area contributed by atoms with E-state index in [0.29, 0.717) is 21.6 Å². The Balaban J connectivity index is 2.09. The van der Waals surface area contributed by atoms with E-state index in [0.717, 1.165) is 5.56 Å². The molecule has 1 unspecified atom stereocenters. The van der Waals surface area contributed by atoms with Gasteiger partial charge in [-0.2, -0.15) is 0 Å². The third kappa shape index (κ3) is 3.79. The third-order valence-electron chi connectivity index (χ3n) is 3.46. The number of amides is 2. The standard InChI is InChI=1S/C15H18ClN3O3S/c1-8-5-10(11(22-4)6-9(8)16)18-13(20)7-12-14(21)19(3)15(17-2)23-12/h5-6,12H,7H2,1-4H3,(H,18,20). The number of carbonyl (C=O) groups is 2. The summed E-state index contributed by atoms with van der Waals surface area (Å²) in [5.41, 5.74) is 1.36. The molecular weight excluding hydrogens is 338 g/mol. The normalized spacial score (nSPS) is 19.3. The van der Waals surface area contributed by atoms with Gasteiger partial charge in [-0.15, -0.1) is 0 Å². The number of benzene rings is 1. The van der Waals surface area contributed by atoms with E-state index in [-0.39, 0.29) is 18.2 Å². The summed E-state index contributed by atoms with van der Waals surface area (Å²) >= 11 is 7.34. The van der Waals surface area contributed by atoms with Crippen molar-refractivity contribution in [3.63, 3.8) is 0 Å². The molecule has 1 aromatic carbocycles.